The van der Waals surface area contributed by atoms with Crippen molar-refractivity contribution in [3.05, 3.63) is 46.6 Å². The lowest BCUT2D eigenvalue weighted by Crippen LogP contribution is -2.48. The van der Waals surface area contributed by atoms with Crippen LogP contribution in [0.4, 0.5) is 4.39 Å². The van der Waals surface area contributed by atoms with Crippen molar-refractivity contribution in [1.29, 1.82) is 0 Å². The molecule has 1 fully saturated rings. The minimum absolute atomic E-state index is 0.144. The number of benzene rings is 1. The van der Waals surface area contributed by atoms with Crippen LogP contribution in [0.5, 0.6) is 0 Å². The summed E-state index contributed by atoms with van der Waals surface area (Å²) in [7, 11) is -3.59. The van der Waals surface area contributed by atoms with Crippen molar-refractivity contribution in [2.45, 2.75) is 32.2 Å². The van der Waals surface area contributed by atoms with E-state index in [0.29, 0.717) is 38.3 Å². The minimum Gasteiger partial charge on any atom is -0.361 e. The first-order chi connectivity index (χ1) is 11.8. The van der Waals surface area contributed by atoms with Crippen molar-refractivity contribution >= 4 is 10.0 Å². The first kappa shape index (κ1) is 18.0. The van der Waals surface area contributed by atoms with E-state index >= 15 is 0 Å². The summed E-state index contributed by atoms with van der Waals surface area (Å²) in [5.74, 6) is 0.401. The molecule has 1 saturated heterocycles. The molecule has 0 bridgehead atoms. The largest absolute Gasteiger partial charge is 0.361 e. The third-order valence-corrected chi connectivity index (χ3v) is 6.56. The van der Waals surface area contributed by atoms with E-state index in [0.717, 1.165) is 17.0 Å². The maximum Gasteiger partial charge on any atom is 0.243 e. The van der Waals surface area contributed by atoms with Crippen molar-refractivity contribution in [3.63, 3.8) is 0 Å². The molecule has 2 aromatic rings. The maximum atomic E-state index is 13.4. The normalized spacial score (nSPS) is 17.1. The van der Waals surface area contributed by atoms with Gasteiger partial charge in [0.15, 0.2) is 0 Å². The van der Waals surface area contributed by atoms with Crippen LogP contribution in [0, 0.1) is 26.6 Å². The molecule has 2 heterocycles. The van der Waals surface area contributed by atoms with Crippen LogP contribution in [0.3, 0.4) is 0 Å². The Balaban J connectivity index is 1.68. The van der Waals surface area contributed by atoms with Crippen molar-refractivity contribution in [1.82, 2.24) is 14.4 Å². The fourth-order valence-corrected chi connectivity index (χ4v) is 4.51. The maximum absolute atomic E-state index is 13.4. The molecule has 0 amide bonds. The highest BCUT2D eigenvalue weighted by Gasteiger charge is 2.29. The molecule has 0 radical (unpaired) electrons. The average Bonchev–Trinajstić information content (AvgIpc) is 2.89. The molecule has 0 aliphatic carbocycles. The standard InChI is InChI=1S/C17H22FN3O3S/c1-12-10-15(4-5-17(12)18)25(22,23)21-8-6-20(7-9-21)11-16-13(2)19-24-14(16)3/h4-5,10H,6-9,11H2,1-3H3. The summed E-state index contributed by atoms with van der Waals surface area (Å²) in [5.41, 5.74) is 2.26. The predicted octanol–water partition coefficient (Wildman–Crippen LogP) is 2.25. The second-order valence-electron chi connectivity index (χ2n) is 6.39. The van der Waals surface area contributed by atoms with E-state index < -0.39 is 15.8 Å². The van der Waals surface area contributed by atoms with Gasteiger partial charge < -0.3 is 4.52 Å². The van der Waals surface area contributed by atoms with Gasteiger partial charge in [0.25, 0.3) is 0 Å². The average molecular weight is 367 g/mol. The van der Waals surface area contributed by atoms with Gasteiger partial charge in [-0.15, -0.1) is 0 Å². The molecule has 6 nitrogen and oxygen atoms in total. The number of halogens is 1. The van der Waals surface area contributed by atoms with E-state index in [4.69, 9.17) is 4.52 Å². The lowest BCUT2D eigenvalue weighted by atomic mass is 10.2. The van der Waals surface area contributed by atoms with E-state index in [2.05, 4.69) is 10.1 Å². The molecular formula is C17H22FN3O3S. The predicted molar refractivity (Wildman–Crippen MR) is 91.1 cm³/mol. The van der Waals surface area contributed by atoms with Crippen molar-refractivity contribution in [2.24, 2.45) is 0 Å². The Hall–Kier alpha value is -1.77. The van der Waals surface area contributed by atoms with Gasteiger partial charge in [-0.05, 0) is 44.5 Å². The van der Waals surface area contributed by atoms with Gasteiger partial charge in [-0.25, -0.2) is 12.8 Å². The Morgan fingerprint density at radius 2 is 1.84 bits per heavy atom. The summed E-state index contributed by atoms with van der Waals surface area (Å²) in [4.78, 5) is 2.33. The number of aromatic nitrogens is 1. The Kier molecular flexibility index (Phi) is 4.95. The van der Waals surface area contributed by atoms with Gasteiger partial charge in [0.1, 0.15) is 11.6 Å². The molecule has 0 N–H and O–H groups in total. The van der Waals surface area contributed by atoms with E-state index in [-0.39, 0.29) is 4.90 Å². The Morgan fingerprint density at radius 3 is 2.40 bits per heavy atom. The first-order valence-electron chi connectivity index (χ1n) is 8.19. The quantitative estimate of drug-likeness (QED) is 0.829. The number of aryl methyl sites for hydroxylation is 3. The van der Waals surface area contributed by atoms with Crippen molar-refractivity contribution < 1.29 is 17.3 Å². The second-order valence-corrected chi connectivity index (χ2v) is 8.33. The van der Waals surface area contributed by atoms with Crippen LogP contribution in [0.2, 0.25) is 0 Å². The molecule has 3 rings (SSSR count). The Morgan fingerprint density at radius 1 is 1.16 bits per heavy atom. The minimum atomic E-state index is -3.59. The van der Waals surface area contributed by atoms with E-state index in [1.807, 2.05) is 13.8 Å². The van der Waals surface area contributed by atoms with Gasteiger partial charge in [0.05, 0.1) is 10.6 Å². The summed E-state index contributed by atoms with van der Waals surface area (Å²) in [6.07, 6.45) is 0. The van der Waals surface area contributed by atoms with Crippen LogP contribution < -0.4 is 0 Å². The zero-order chi connectivity index (χ0) is 18.2. The monoisotopic (exact) mass is 367 g/mol. The van der Waals surface area contributed by atoms with Crippen molar-refractivity contribution in [3.8, 4) is 0 Å². The zero-order valence-electron chi connectivity index (χ0n) is 14.6. The van der Waals surface area contributed by atoms with Crippen LogP contribution in [0.25, 0.3) is 0 Å². The summed E-state index contributed by atoms with van der Waals surface area (Å²) in [6.45, 7) is 8.12. The molecule has 25 heavy (non-hydrogen) atoms. The molecular weight excluding hydrogens is 345 g/mol. The van der Waals surface area contributed by atoms with Crippen LogP contribution in [0.1, 0.15) is 22.6 Å². The van der Waals surface area contributed by atoms with Gasteiger partial charge in [-0.3, -0.25) is 4.90 Å². The molecule has 1 aromatic carbocycles. The van der Waals surface area contributed by atoms with E-state index in [1.54, 1.807) is 6.92 Å². The smallest absolute Gasteiger partial charge is 0.243 e. The topological polar surface area (TPSA) is 66.7 Å². The third-order valence-electron chi connectivity index (χ3n) is 4.66. The molecule has 1 aliphatic heterocycles. The molecule has 1 aromatic heterocycles. The summed E-state index contributed by atoms with van der Waals surface area (Å²) in [6, 6.07) is 3.92. The molecule has 8 heteroatoms. The Labute approximate surface area is 147 Å². The number of sulfonamides is 1. The molecule has 0 spiro atoms. The van der Waals surface area contributed by atoms with Crippen LogP contribution in [0.15, 0.2) is 27.6 Å². The lowest BCUT2D eigenvalue weighted by molar-refractivity contribution is 0.180. The van der Waals surface area contributed by atoms with Gasteiger partial charge in [-0.1, -0.05) is 5.16 Å². The lowest BCUT2D eigenvalue weighted by Gasteiger charge is -2.34. The van der Waals surface area contributed by atoms with Crippen LogP contribution >= 0.6 is 0 Å². The van der Waals surface area contributed by atoms with Crippen LogP contribution in [-0.2, 0) is 16.6 Å². The Bertz CT molecular complexity index is 852. The fourth-order valence-electron chi connectivity index (χ4n) is 3.01. The second kappa shape index (κ2) is 6.86. The number of hydrogen-bond acceptors (Lipinski definition) is 5. The number of piperazine rings is 1. The van der Waals surface area contributed by atoms with E-state index in [1.165, 1.54) is 22.5 Å². The highest BCUT2D eigenvalue weighted by molar-refractivity contribution is 7.89. The zero-order valence-corrected chi connectivity index (χ0v) is 15.4. The van der Waals surface area contributed by atoms with Crippen LogP contribution in [-0.4, -0.2) is 49.0 Å². The number of hydrogen-bond donors (Lipinski definition) is 0. The summed E-state index contributed by atoms with van der Waals surface area (Å²) < 4.78 is 45.5. The SMILES string of the molecule is Cc1cc(S(=O)(=O)N2CCN(Cc3c(C)noc3C)CC2)ccc1F. The molecule has 1 aliphatic rings. The van der Waals surface area contributed by atoms with E-state index in [9.17, 15) is 12.8 Å². The summed E-state index contributed by atoms with van der Waals surface area (Å²) in [5, 5.41) is 3.95. The highest BCUT2D eigenvalue weighted by Crippen LogP contribution is 2.21. The van der Waals surface area contributed by atoms with Crippen molar-refractivity contribution in [2.75, 3.05) is 26.2 Å². The molecule has 0 unspecified atom stereocenters. The van der Waals surface area contributed by atoms with Gasteiger partial charge in [0, 0.05) is 38.3 Å². The highest BCUT2D eigenvalue weighted by atomic mass is 32.2. The van der Waals surface area contributed by atoms with Gasteiger partial charge >= 0.3 is 0 Å². The molecule has 136 valence electrons. The number of rotatable bonds is 4. The first-order valence-corrected chi connectivity index (χ1v) is 9.63. The van der Waals surface area contributed by atoms with Gasteiger partial charge in [-0.2, -0.15) is 4.31 Å². The molecule has 0 atom stereocenters. The fraction of sp³-hybridized carbons (Fsp3) is 0.471. The third kappa shape index (κ3) is 3.61. The number of nitrogens with zero attached hydrogens (tertiary/aromatic N) is 3. The van der Waals surface area contributed by atoms with Gasteiger partial charge in [0.2, 0.25) is 10.0 Å². The summed E-state index contributed by atoms with van der Waals surface area (Å²) >= 11 is 0. The molecule has 0 saturated carbocycles.